The molecular weight excluding hydrogens is 360 g/mol. The Morgan fingerprint density at radius 2 is 1.13 bits per heavy atom. The summed E-state index contributed by atoms with van der Waals surface area (Å²) < 4.78 is 0. The fourth-order valence-corrected chi connectivity index (χ4v) is 5.83. The highest BCUT2D eigenvalue weighted by atomic mass is 14.4. The Morgan fingerprint density at radius 1 is 0.633 bits per heavy atom. The number of allylic oxidation sites excluding steroid dienone is 2. The third-order valence-electron chi connectivity index (χ3n) is 7.74. The van der Waals surface area contributed by atoms with E-state index in [-0.39, 0.29) is 0 Å². The molecule has 6 rings (SSSR count). The van der Waals surface area contributed by atoms with Crippen LogP contribution in [0.3, 0.4) is 0 Å². The maximum atomic E-state index is 2.48. The number of fused-ring (bicyclic) bond motifs is 6. The minimum absolute atomic E-state index is 0.520. The van der Waals surface area contributed by atoms with Crippen LogP contribution in [0.4, 0.5) is 0 Å². The number of hydrogen-bond donors (Lipinski definition) is 0. The van der Waals surface area contributed by atoms with Crippen LogP contribution < -0.4 is 0 Å². The average Bonchev–Trinajstić information content (AvgIpc) is 3.20. The minimum atomic E-state index is 0.520. The molecular formula is C30H28. The molecule has 0 nitrogen and oxygen atoms in total. The average molecular weight is 389 g/mol. The van der Waals surface area contributed by atoms with E-state index in [1.165, 1.54) is 60.5 Å². The summed E-state index contributed by atoms with van der Waals surface area (Å²) in [5.74, 6) is 0.520. The molecule has 0 heterocycles. The highest BCUT2D eigenvalue weighted by Gasteiger charge is 2.36. The lowest BCUT2D eigenvalue weighted by atomic mass is 9.86. The summed E-state index contributed by atoms with van der Waals surface area (Å²) in [6, 6.07) is 19.4. The summed E-state index contributed by atoms with van der Waals surface area (Å²) in [5.41, 5.74) is 14.8. The predicted octanol–water partition coefficient (Wildman–Crippen LogP) is 8.20. The second-order valence-electron chi connectivity index (χ2n) is 9.55. The van der Waals surface area contributed by atoms with Crippen molar-refractivity contribution in [2.75, 3.05) is 0 Å². The van der Waals surface area contributed by atoms with Gasteiger partial charge in [-0.1, -0.05) is 37.3 Å². The Labute approximate surface area is 179 Å². The molecule has 4 aromatic carbocycles. The Balaban J connectivity index is 1.58. The van der Waals surface area contributed by atoms with E-state index in [0.717, 1.165) is 12.8 Å². The molecule has 0 saturated carbocycles. The largest absolute Gasteiger partial charge is 0.0645 e. The molecule has 2 aliphatic carbocycles. The second kappa shape index (κ2) is 6.08. The summed E-state index contributed by atoms with van der Waals surface area (Å²) in [7, 11) is 0. The van der Waals surface area contributed by atoms with E-state index >= 15 is 0 Å². The van der Waals surface area contributed by atoms with Crippen molar-refractivity contribution in [1.82, 2.24) is 0 Å². The van der Waals surface area contributed by atoms with Gasteiger partial charge in [0.05, 0.1) is 0 Å². The first-order valence-corrected chi connectivity index (χ1v) is 11.3. The van der Waals surface area contributed by atoms with Gasteiger partial charge in [-0.3, -0.25) is 0 Å². The van der Waals surface area contributed by atoms with E-state index in [4.69, 9.17) is 0 Å². The molecule has 2 aliphatic rings. The highest BCUT2D eigenvalue weighted by Crippen LogP contribution is 2.55. The van der Waals surface area contributed by atoms with Gasteiger partial charge < -0.3 is 0 Å². The summed E-state index contributed by atoms with van der Waals surface area (Å²) in [6.45, 7) is 11.2. The molecule has 1 unspecified atom stereocenters. The van der Waals surface area contributed by atoms with Crippen molar-refractivity contribution < 1.29 is 0 Å². The third kappa shape index (κ3) is 2.34. The molecule has 0 fully saturated rings. The molecule has 0 saturated heterocycles. The number of aryl methyl sites for hydroxylation is 4. The zero-order valence-corrected chi connectivity index (χ0v) is 18.6. The SMILES string of the molecule is CCC1C2=C(Cc3cc4cc(C)c(C)cc4cc32)c2cc3cc(C)c(C)cc3cc21. The molecule has 0 aliphatic heterocycles. The second-order valence-corrected chi connectivity index (χ2v) is 9.55. The van der Waals surface area contributed by atoms with Crippen molar-refractivity contribution in [2.24, 2.45) is 0 Å². The lowest BCUT2D eigenvalue weighted by Crippen LogP contribution is -2.00. The molecule has 0 radical (unpaired) electrons. The van der Waals surface area contributed by atoms with E-state index < -0.39 is 0 Å². The maximum Gasteiger partial charge on any atom is 0.0102 e. The van der Waals surface area contributed by atoms with Crippen LogP contribution in [0.1, 0.15) is 63.8 Å². The van der Waals surface area contributed by atoms with Gasteiger partial charge in [-0.05, 0) is 136 Å². The monoisotopic (exact) mass is 388 g/mol. The third-order valence-corrected chi connectivity index (χ3v) is 7.74. The van der Waals surface area contributed by atoms with E-state index in [1.54, 1.807) is 16.7 Å². The van der Waals surface area contributed by atoms with Gasteiger partial charge in [-0.2, -0.15) is 0 Å². The van der Waals surface area contributed by atoms with Crippen LogP contribution >= 0.6 is 0 Å². The van der Waals surface area contributed by atoms with E-state index in [9.17, 15) is 0 Å². The molecule has 0 bridgehead atoms. The van der Waals surface area contributed by atoms with Crippen LogP contribution in [0.25, 0.3) is 32.7 Å². The molecule has 0 heteroatoms. The Morgan fingerprint density at radius 3 is 1.70 bits per heavy atom. The first-order chi connectivity index (χ1) is 14.4. The standard InChI is InChI=1S/C30H28/c1-6-25-27-13-22-9-18(4)19(5)10-23(22)14-28(27)29-15-24-11-20-7-16(2)17(3)8-21(20)12-26(24)30(25)29/h7-14,25H,6,15H2,1-5H3. The zero-order valence-electron chi connectivity index (χ0n) is 18.6. The first kappa shape index (κ1) is 18.0. The van der Waals surface area contributed by atoms with Crippen molar-refractivity contribution in [1.29, 1.82) is 0 Å². The quantitative estimate of drug-likeness (QED) is 0.308. The number of benzene rings is 4. The molecule has 0 N–H and O–H groups in total. The molecule has 1 atom stereocenters. The first-order valence-electron chi connectivity index (χ1n) is 11.3. The van der Waals surface area contributed by atoms with Gasteiger partial charge in [-0.15, -0.1) is 0 Å². The van der Waals surface area contributed by atoms with Crippen molar-refractivity contribution in [2.45, 2.75) is 53.4 Å². The van der Waals surface area contributed by atoms with Crippen molar-refractivity contribution >= 4 is 32.7 Å². The Kier molecular flexibility index (Phi) is 3.64. The zero-order chi connectivity index (χ0) is 20.7. The van der Waals surface area contributed by atoms with Gasteiger partial charge in [0.1, 0.15) is 0 Å². The van der Waals surface area contributed by atoms with Crippen molar-refractivity contribution in [3.63, 3.8) is 0 Å². The summed E-state index contributed by atoms with van der Waals surface area (Å²) in [6.07, 6.45) is 2.24. The van der Waals surface area contributed by atoms with Gasteiger partial charge in [0, 0.05) is 5.92 Å². The van der Waals surface area contributed by atoms with Gasteiger partial charge in [0.25, 0.3) is 0 Å². The highest BCUT2D eigenvalue weighted by molar-refractivity contribution is 6.08. The number of rotatable bonds is 1. The van der Waals surface area contributed by atoms with E-state index in [1.807, 2.05) is 0 Å². The Bertz CT molecular complexity index is 1430. The molecule has 148 valence electrons. The lowest BCUT2D eigenvalue weighted by Gasteiger charge is -2.18. The topological polar surface area (TPSA) is 0 Å². The lowest BCUT2D eigenvalue weighted by molar-refractivity contribution is 0.835. The normalized spacial score (nSPS) is 17.0. The van der Waals surface area contributed by atoms with Crippen molar-refractivity contribution in [3.05, 3.63) is 93.0 Å². The van der Waals surface area contributed by atoms with E-state index in [2.05, 4.69) is 83.1 Å². The van der Waals surface area contributed by atoms with Gasteiger partial charge in [0.2, 0.25) is 0 Å². The van der Waals surface area contributed by atoms with Crippen LogP contribution in [0.5, 0.6) is 0 Å². The van der Waals surface area contributed by atoms with Crippen molar-refractivity contribution in [3.8, 4) is 0 Å². The van der Waals surface area contributed by atoms with Gasteiger partial charge in [0.15, 0.2) is 0 Å². The maximum absolute atomic E-state index is 2.48. The smallest absolute Gasteiger partial charge is 0.0102 e. The number of hydrogen-bond acceptors (Lipinski definition) is 0. The van der Waals surface area contributed by atoms with Crippen LogP contribution in [0.2, 0.25) is 0 Å². The summed E-state index contributed by atoms with van der Waals surface area (Å²) in [5, 5.41) is 5.54. The molecule has 0 aromatic heterocycles. The molecule has 30 heavy (non-hydrogen) atoms. The van der Waals surface area contributed by atoms with Crippen LogP contribution in [-0.4, -0.2) is 0 Å². The Hall–Kier alpha value is -2.86. The van der Waals surface area contributed by atoms with Crippen LogP contribution in [-0.2, 0) is 6.42 Å². The fourth-order valence-electron chi connectivity index (χ4n) is 5.83. The molecule has 0 spiro atoms. The predicted molar refractivity (Wildman–Crippen MR) is 130 cm³/mol. The summed E-state index contributed by atoms with van der Waals surface area (Å²) in [4.78, 5) is 0. The van der Waals surface area contributed by atoms with Crippen LogP contribution in [0, 0.1) is 27.7 Å². The van der Waals surface area contributed by atoms with Crippen LogP contribution in [0.15, 0.2) is 48.5 Å². The van der Waals surface area contributed by atoms with E-state index in [0.29, 0.717) is 5.92 Å². The molecule has 4 aromatic rings. The fraction of sp³-hybridized carbons (Fsp3) is 0.267. The molecule has 0 amide bonds. The van der Waals surface area contributed by atoms with Gasteiger partial charge >= 0.3 is 0 Å². The minimum Gasteiger partial charge on any atom is -0.0645 e. The van der Waals surface area contributed by atoms with Gasteiger partial charge in [-0.25, -0.2) is 0 Å². The summed E-state index contributed by atoms with van der Waals surface area (Å²) >= 11 is 0.